The van der Waals surface area contributed by atoms with E-state index in [4.69, 9.17) is 5.73 Å². The van der Waals surface area contributed by atoms with Crippen LogP contribution in [0.4, 0.5) is 0 Å². The minimum atomic E-state index is -0.0794. The fourth-order valence-corrected chi connectivity index (χ4v) is 1.81. The number of hydrogen-bond donors (Lipinski definition) is 3. The third-order valence-corrected chi connectivity index (χ3v) is 2.82. The smallest absolute Gasteiger partial charge is 0.234 e. The van der Waals surface area contributed by atoms with Crippen molar-refractivity contribution < 1.29 is 9.59 Å². The van der Waals surface area contributed by atoms with E-state index in [1.165, 1.54) is 6.92 Å². The number of rotatable bonds is 5. The maximum Gasteiger partial charge on any atom is 0.234 e. The number of piperidine rings is 1. The van der Waals surface area contributed by atoms with Crippen molar-refractivity contribution in [2.45, 2.75) is 25.8 Å². The normalized spacial score (nSPS) is 17.8. The molecule has 0 spiro atoms. The van der Waals surface area contributed by atoms with Gasteiger partial charge in [0.2, 0.25) is 11.8 Å². The van der Waals surface area contributed by atoms with Crippen LogP contribution >= 0.6 is 0 Å². The largest absolute Gasteiger partial charge is 0.355 e. The molecule has 1 fully saturated rings. The number of likely N-dealkylation sites (tertiary alicyclic amines) is 1. The fourth-order valence-electron chi connectivity index (χ4n) is 1.81. The lowest BCUT2D eigenvalue weighted by Gasteiger charge is -2.29. The topological polar surface area (TPSA) is 87.5 Å². The molecule has 1 saturated heterocycles. The first-order valence-corrected chi connectivity index (χ1v) is 6.07. The van der Waals surface area contributed by atoms with E-state index >= 15 is 0 Å². The molecule has 0 aromatic carbocycles. The van der Waals surface area contributed by atoms with E-state index in [1.807, 2.05) is 0 Å². The molecule has 0 radical (unpaired) electrons. The summed E-state index contributed by atoms with van der Waals surface area (Å²) < 4.78 is 0. The van der Waals surface area contributed by atoms with Gasteiger partial charge >= 0.3 is 0 Å². The molecular weight excluding hydrogens is 220 g/mol. The summed E-state index contributed by atoms with van der Waals surface area (Å²) in [6.45, 7) is 4.61. The van der Waals surface area contributed by atoms with Crippen LogP contribution in [0.2, 0.25) is 0 Å². The van der Waals surface area contributed by atoms with E-state index in [0.29, 0.717) is 19.6 Å². The second-order valence-electron chi connectivity index (χ2n) is 4.45. The van der Waals surface area contributed by atoms with Crippen molar-refractivity contribution in [3.8, 4) is 0 Å². The summed E-state index contributed by atoms with van der Waals surface area (Å²) in [6, 6.07) is 0.286. The van der Waals surface area contributed by atoms with E-state index in [2.05, 4.69) is 15.5 Å². The summed E-state index contributed by atoms with van der Waals surface area (Å²) in [5, 5.41) is 5.40. The molecule has 1 aliphatic heterocycles. The van der Waals surface area contributed by atoms with E-state index in [1.54, 1.807) is 0 Å². The van der Waals surface area contributed by atoms with Gasteiger partial charge in [0.25, 0.3) is 0 Å². The molecule has 2 amide bonds. The summed E-state index contributed by atoms with van der Waals surface area (Å²) in [5.74, 6) is -0.0740. The van der Waals surface area contributed by atoms with Crippen LogP contribution in [0.15, 0.2) is 0 Å². The molecule has 6 heteroatoms. The molecule has 98 valence electrons. The number of nitrogens with zero attached hydrogens (tertiary/aromatic N) is 1. The molecule has 1 rings (SSSR count). The summed E-state index contributed by atoms with van der Waals surface area (Å²) in [4.78, 5) is 24.2. The van der Waals surface area contributed by atoms with Crippen LogP contribution in [-0.2, 0) is 9.59 Å². The quantitative estimate of drug-likeness (QED) is 0.521. The second-order valence-corrected chi connectivity index (χ2v) is 4.45. The molecule has 4 N–H and O–H groups in total. The van der Waals surface area contributed by atoms with Gasteiger partial charge in [0, 0.05) is 39.1 Å². The number of nitrogens with one attached hydrogen (secondary N) is 2. The van der Waals surface area contributed by atoms with Crippen LogP contribution in [0, 0.1) is 0 Å². The minimum Gasteiger partial charge on any atom is -0.355 e. The number of amides is 2. The standard InChI is InChI=1S/C11H22N4O2/c1-9(16)13-4-5-14-11(17)8-15-6-2-10(12)3-7-15/h10H,2-8,12H2,1H3,(H,13,16)(H,14,17). The van der Waals surface area contributed by atoms with Crippen LogP contribution in [0.3, 0.4) is 0 Å². The van der Waals surface area contributed by atoms with Gasteiger partial charge in [-0.25, -0.2) is 0 Å². The lowest BCUT2D eigenvalue weighted by molar-refractivity contribution is -0.123. The predicted octanol–water partition coefficient (Wildman–Crippen LogP) is -1.34. The van der Waals surface area contributed by atoms with Crippen molar-refractivity contribution in [1.82, 2.24) is 15.5 Å². The van der Waals surface area contributed by atoms with Gasteiger partial charge in [-0.2, -0.15) is 0 Å². The number of carbonyl (C=O) groups is 2. The average molecular weight is 242 g/mol. The lowest BCUT2D eigenvalue weighted by atomic mass is 10.1. The molecule has 1 heterocycles. The molecule has 0 atom stereocenters. The summed E-state index contributed by atoms with van der Waals surface area (Å²) >= 11 is 0. The van der Waals surface area contributed by atoms with Crippen molar-refractivity contribution in [2.24, 2.45) is 5.73 Å². The Hall–Kier alpha value is -1.14. The highest BCUT2D eigenvalue weighted by molar-refractivity contribution is 5.78. The van der Waals surface area contributed by atoms with Crippen LogP contribution in [0.5, 0.6) is 0 Å². The Balaban J connectivity index is 2.06. The first kappa shape index (κ1) is 13.9. The second kappa shape index (κ2) is 7.24. The highest BCUT2D eigenvalue weighted by Crippen LogP contribution is 2.06. The summed E-state index contributed by atoms with van der Waals surface area (Å²) in [7, 11) is 0. The number of carbonyl (C=O) groups excluding carboxylic acids is 2. The Morgan fingerprint density at radius 3 is 2.41 bits per heavy atom. The van der Waals surface area contributed by atoms with Gasteiger partial charge in [0.1, 0.15) is 0 Å². The first-order chi connectivity index (χ1) is 8.08. The van der Waals surface area contributed by atoms with Gasteiger partial charge in [-0.3, -0.25) is 14.5 Å². The van der Waals surface area contributed by atoms with Crippen molar-refractivity contribution in [1.29, 1.82) is 0 Å². The fraction of sp³-hybridized carbons (Fsp3) is 0.818. The Bertz CT molecular complexity index is 262. The molecular formula is C11H22N4O2. The highest BCUT2D eigenvalue weighted by atomic mass is 16.2. The average Bonchev–Trinajstić information content (AvgIpc) is 2.27. The molecule has 0 bridgehead atoms. The molecule has 0 aromatic heterocycles. The molecule has 0 unspecified atom stereocenters. The lowest BCUT2D eigenvalue weighted by Crippen LogP contribution is -2.45. The van der Waals surface area contributed by atoms with Crippen molar-refractivity contribution in [2.75, 3.05) is 32.7 Å². The van der Waals surface area contributed by atoms with E-state index in [0.717, 1.165) is 25.9 Å². The summed E-state index contributed by atoms with van der Waals surface area (Å²) in [6.07, 6.45) is 1.92. The monoisotopic (exact) mass is 242 g/mol. The molecule has 0 aromatic rings. The van der Waals surface area contributed by atoms with Crippen LogP contribution in [-0.4, -0.2) is 55.5 Å². The Morgan fingerprint density at radius 1 is 1.24 bits per heavy atom. The zero-order valence-corrected chi connectivity index (χ0v) is 10.4. The van der Waals surface area contributed by atoms with E-state index < -0.39 is 0 Å². The molecule has 6 nitrogen and oxygen atoms in total. The third kappa shape index (κ3) is 6.23. The third-order valence-electron chi connectivity index (χ3n) is 2.82. The number of hydrogen-bond acceptors (Lipinski definition) is 4. The Morgan fingerprint density at radius 2 is 1.82 bits per heavy atom. The molecule has 0 aliphatic carbocycles. The minimum absolute atomic E-state index is 0.00539. The van der Waals surface area contributed by atoms with E-state index in [9.17, 15) is 9.59 Å². The first-order valence-electron chi connectivity index (χ1n) is 6.07. The van der Waals surface area contributed by atoms with Crippen molar-refractivity contribution >= 4 is 11.8 Å². The van der Waals surface area contributed by atoms with Gasteiger partial charge in [-0.1, -0.05) is 0 Å². The van der Waals surface area contributed by atoms with Gasteiger partial charge in [-0.05, 0) is 12.8 Å². The maximum atomic E-state index is 11.5. The van der Waals surface area contributed by atoms with Gasteiger partial charge in [0.05, 0.1) is 6.54 Å². The zero-order valence-electron chi connectivity index (χ0n) is 10.4. The zero-order chi connectivity index (χ0) is 12.7. The van der Waals surface area contributed by atoms with Crippen LogP contribution in [0.25, 0.3) is 0 Å². The number of nitrogens with two attached hydrogens (primary N) is 1. The molecule has 0 saturated carbocycles. The highest BCUT2D eigenvalue weighted by Gasteiger charge is 2.17. The van der Waals surface area contributed by atoms with Crippen LogP contribution < -0.4 is 16.4 Å². The maximum absolute atomic E-state index is 11.5. The Labute approximate surface area is 102 Å². The van der Waals surface area contributed by atoms with Crippen molar-refractivity contribution in [3.63, 3.8) is 0 Å². The SMILES string of the molecule is CC(=O)NCCNC(=O)CN1CCC(N)CC1. The Kier molecular flexibility index (Phi) is 5.93. The van der Waals surface area contributed by atoms with Crippen molar-refractivity contribution in [3.05, 3.63) is 0 Å². The summed E-state index contributed by atoms with van der Waals surface area (Å²) in [5.41, 5.74) is 5.79. The molecule has 17 heavy (non-hydrogen) atoms. The van der Waals surface area contributed by atoms with Gasteiger partial charge in [0.15, 0.2) is 0 Å². The predicted molar refractivity (Wildman–Crippen MR) is 65.3 cm³/mol. The van der Waals surface area contributed by atoms with Gasteiger partial charge in [-0.15, -0.1) is 0 Å². The van der Waals surface area contributed by atoms with Gasteiger partial charge < -0.3 is 16.4 Å². The molecule has 1 aliphatic rings. The van der Waals surface area contributed by atoms with Crippen LogP contribution in [0.1, 0.15) is 19.8 Å². The van der Waals surface area contributed by atoms with E-state index in [-0.39, 0.29) is 17.9 Å².